The number of rotatable bonds is 5. The number of amides is 1. The lowest BCUT2D eigenvalue weighted by molar-refractivity contribution is 0.102. The summed E-state index contributed by atoms with van der Waals surface area (Å²) in [5.74, 6) is 0.0885. The van der Waals surface area contributed by atoms with Crippen molar-refractivity contribution in [2.45, 2.75) is 6.92 Å². The largest absolute Gasteiger partial charge is 0.508 e. The van der Waals surface area contributed by atoms with E-state index in [2.05, 4.69) is 36.5 Å². The lowest BCUT2D eigenvalue weighted by atomic mass is 10.2. The minimum absolute atomic E-state index is 0.105. The highest BCUT2D eigenvalue weighted by Gasteiger charge is 2.18. The van der Waals surface area contributed by atoms with Crippen LogP contribution in [-0.4, -0.2) is 28.1 Å². The first-order chi connectivity index (χ1) is 13.4. The molecule has 0 aliphatic heterocycles. The molecule has 1 aromatic heterocycles. The molecule has 3 rings (SSSR count). The Morgan fingerprint density at radius 2 is 2.07 bits per heavy atom. The van der Waals surface area contributed by atoms with Crippen molar-refractivity contribution < 1.29 is 14.6 Å². The Morgan fingerprint density at radius 3 is 2.75 bits per heavy atom. The van der Waals surface area contributed by atoms with Crippen LogP contribution in [0.15, 0.2) is 47.1 Å². The van der Waals surface area contributed by atoms with Gasteiger partial charge in [-0.3, -0.25) is 4.79 Å². The summed E-state index contributed by atoms with van der Waals surface area (Å²) in [6.45, 7) is 1.78. The number of carbonyl (C=O) groups excluding carboxylic acids is 1. The topological polar surface area (TPSA) is 96.4 Å². The molecule has 7 nitrogen and oxygen atoms in total. The van der Waals surface area contributed by atoms with E-state index in [-0.39, 0.29) is 23.1 Å². The number of benzene rings is 2. The number of hydrogen-bond acceptors (Lipinski definition) is 6. The van der Waals surface area contributed by atoms with Crippen molar-refractivity contribution in [3.05, 3.63) is 63.2 Å². The first kappa shape index (κ1) is 19.9. The smallest absolute Gasteiger partial charge is 0.262 e. The molecule has 1 heterocycles. The van der Waals surface area contributed by atoms with Gasteiger partial charge in [-0.15, -0.1) is 0 Å². The molecule has 1 amide bonds. The standard InChI is InChI=1S/C19H16BrClN4O3/c1-10-8-11(6-7-15(10)26)23-19-22-9-12(18(25-19)28-2)17(27)24-16-13(20)4-3-5-14(16)21/h3-9,26H,1-2H3,(H,24,27)(H,22,23,25). The van der Waals surface area contributed by atoms with Crippen molar-refractivity contribution >= 4 is 50.8 Å². The summed E-state index contributed by atoms with van der Waals surface area (Å²) in [4.78, 5) is 21.1. The Bertz CT molecular complexity index is 1030. The minimum atomic E-state index is -0.460. The zero-order valence-corrected chi connectivity index (χ0v) is 17.3. The Labute approximate surface area is 174 Å². The first-order valence-electron chi connectivity index (χ1n) is 8.12. The van der Waals surface area contributed by atoms with Crippen LogP contribution in [-0.2, 0) is 0 Å². The summed E-state index contributed by atoms with van der Waals surface area (Å²) in [5, 5.41) is 15.7. The van der Waals surface area contributed by atoms with Gasteiger partial charge in [-0.2, -0.15) is 4.98 Å². The molecule has 0 fully saturated rings. The van der Waals surface area contributed by atoms with Crippen LogP contribution in [0.2, 0.25) is 5.02 Å². The monoisotopic (exact) mass is 462 g/mol. The zero-order valence-electron chi connectivity index (χ0n) is 15.0. The van der Waals surface area contributed by atoms with Crippen LogP contribution < -0.4 is 15.4 Å². The van der Waals surface area contributed by atoms with Gasteiger partial charge in [0.1, 0.15) is 11.3 Å². The van der Waals surface area contributed by atoms with Gasteiger partial charge in [0.05, 0.1) is 17.8 Å². The van der Waals surface area contributed by atoms with Crippen molar-refractivity contribution in [3.63, 3.8) is 0 Å². The van der Waals surface area contributed by atoms with Gasteiger partial charge >= 0.3 is 0 Å². The van der Waals surface area contributed by atoms with E-state index >= 15 is 0 Å². The molecule has 144 valence electrons. The summed E-state index contributed by atoms with van der Waals surface area (Å²) in [6, 6.07) is 10.2. The van der Waals surface area contributed by atoms with E-state index in [1.54, 1.807) is 43.3 Å². The fourth-order valence-corrected chi connectivity index (χ4v) is 3.20. The molecule has 2 aromatic carbocycles. The van der Waals surface area contributed by atoms with Gasteiger partial charge in [0, 0.05) is 16.4 Å². The molecule has 0 spiro atoms. The Hall–Kier alpha value is -2.84. The summed E-state index contributed by atoms with van der Waals surface area (Å²) >= 11 is 9.49. The van der Waals surface area contributed by atoms with Crippen LogP contribution in [0.3, 0.4) is 0 Å². The number of nitrogens with one attached hydrogen (secondary N) is 2. The first-order valence-corrected chi connectivity index (χ1v) is 9.29. The van der Waals surface area contributed by atoms with E-state index in [1.807, 2.05) is 0 Å². The van der Waals surface area contributed by atoms with E-state index < -0.39 is 5.91 Å². The molecule has 28 heavy (non-hydrogen) atoms. The van der Waals surface area contributed by atoms with Gasteiger partial charge in [-0.1, -0.05) is 17.7 Å². The van der Waals surface area contributed by atoms with E-state index in [9.17, 15) is 9.90 Å². The third kappa shape index (κ3) is 4.35. The minimum Gasteiger partial charge on any atom is -0.508 e. The highest BCUT2D eigenvalue weighted by molar-refractivity contribution is 9.10. The highest BCUT2D eigenvalue weighted by Crippen LogP contribution is 2.31. The number of phenols is 1. The summed E-state index contributed by atoms with van der Waals surface area (Å²) in [6.07, 6.45) is 1.36. The number of aromatic nitrogens is 2. The number of phenolic OH excluding ortho intramolecular Hbond substituents is 1. The number of carbonyl (C=O) groups is 1. The molecule has 3 aromatic rings. The average molecular weight is 464 g/mol. The lowest BCUT2D eigenvalue weighted by Crippen LogP contribution is -2.15. The van der Waals surface area contributed by atoms with Gasteiger partial charge < -0.3 is 20.5 Å². The SMILES string of the molecule is COc1nc(Nc2ccc(O)c(C)c2)ncc1C(=O)Nc1c(Cl)cccc1Br. The van der Waals surface area contributed by atoms with E-state index in [4.69, 9.17) is 16.3 Å². The summed E-state index contributed by atoms with van der Waals surface area (Å²) in [7, 11) is 1.42. The predicted octanol–water partition coefficient (Wildman–Crippen LogP) is 4.91. The van der Waals surface area contributed by atoms with Gasteiger partial charge in [0.15, 0.2) is 0 Å². The maximum atomic E-state index is 12.7. The number of methoxy groups -OCH3 is 1. The van der Waals surface area contributed by atoms with Crippen molar-refractivity contribution in [3.8, 4) is 11.6 Å². The number of ether oxygens (including phenoxy) is 1. The number of hydrogen-bond donors (Lipinski definition) is 3. The second-order valence-corrected chi connectivity index (χ2v) is 7.06. The summed E-state index contributed by atoms with van der Waals surface area (Å²) < 4.78 is 5.90. The van der Waals surface area contributed by atoms with E-state index in [0.29, 0.717) is 26.4 Å². The molecule has 0 radical (unpaired) electrons. The lowest BCUT2D eigenvalue weighted by Gasteiger charge is -2.12. The van der Waals surface area contributed by atoms with Crippen LogP contribution in [0.5, 0.6) is 11.6 Å². The normalized spacial score (nSPS) is 10.4. The maximum Gasteiger partial charge on any atom is 0.262 e. The number of para-hydroxylation sites is 1. The van der Waals surface area contributed by atoms with Crippen molar-refractivity contribution in [1.82, 2.24) is 9.97 Å². The fraction of sp³-hybridized carbons (Fsp3) is 0.105. The Balaban J connectivity index is 1.84. The molecular weight excluding hydrogens is 448 g/mol. The van der Waals surface area contributed by atoms with Gasteiger partial charge in [0.2, 0.25) is 11.8 Å². The molecule has 0 saturated heterocycles. The van der Waals surface area contributed by atoms with Crippen molar-refractivity contribution in [1.29, 1.82) is 0 Å². The molecule has 0 aliphatic rings. The zero-order chi connectivity index (χ0) is 20.3. The molecule has 9 heteroatoms. The average Bonchev–Trinajstić information content (AvgIpc) is 2.67. The molecular formula is C19H16BrClN4O3. The molecule has 3 N–H and O–H groups in total. The number of halogens is 2. The second-order valence-electron chi connectivity index (χ2n) is 5.79. The fourth-order valence-electron chi connectivity index (χ4n) is 2.40. The predicted molar refractivity (Wildman–Crippen MR) is 112 cm³/mol. The molecule has 0 saturated carbocycles. The summed E-state index contributed by atoms with van der Waals surface area (Å²) in [5.41, 5.74) is 1.99. The van der Waals surface area contributed by atoms with Gasteiger partial charge in [-0.05, 0) is 58.7 Å². The van der Waals surface area contributed by atoms with Crippen LogP contribution in [0.1, 0.15) is 15.9 Å². The third-order valence-corrected chi connectivity index (χ3v) is 4.82. The van der Waals surface area contributed by atoms with E-state index in [0.717, 1.165) is 0 Å². The second kappa shape index (κ2) is 8.45. The highest BCUT2D eigenvalue weighted by atomic mass is 79.9. The number of nitrogens with zero attached hydrogens (tertiary/aromatic N) is 2. The van der Waals surface area contributed by atoms with Crippen LogP contribution >= 0.6 is 27.5 Å². The third-order valence-electron chi connectivity index (χ3n) is 3.85. The molecule has 0 atom stereocenters. The van der Waals surface area contributed by atoms with E-state index in [1.165, 1.54) is 13.3 Å². The Kier molecular flexibility index (Phi) is 6.01. The van der Waals surface area contributed by atoms with Gasteiger partial charge in [-0.25, -0.2) is 4.98 Å². The Morgan fingerprint density at radius 1 is 1.29 bits per heavy atom. The number of aryl methyl sites for hydroxylation is 1. The van der Waals surface area contributed by atoms with Crippen LogP contribution in [0.25, 0.3) is 0 Å². The number of aromatic hydroxyl groups is 1. The van der Waals surface area contributed by atoms with Crippen molar-refractivity contribution in [2.24, 2.45) is 0 Å². The molecule has 0 bridgehead atoms. The van der Waals surface area contributed by atoms with Crippen molar-refractivity contribution in [2.75, 3.05) is 17.7 Å². The van der Waals surface area contributed by atoms with Crippen LogP contribution in [0, 0.1) is 6.92 Å². The molecule has 0 aliphatic carbocycles. The quantitative estimate of drug-likeness (QED) is 0.465. The molecule has 0 unspecified atom stereocenters. The van der Waals surface area contributed by atoms with Crippen LogP contribution in [0.4, 0.5) is 17.3 Å². The van der Waals surface area contributed by atoms with Gasteiger partial charge in [0.25, 0.3) is 5.91 Å². The number of anilines is 3. The maximum absolute atomic E-state index is 12.7.